The van der Waals surface area contributed by atoms with E-state index >= 15 is 0 Å². The topological polar surface area (TPSA) is 60.9 Å². The van der Waals surface area contributed by atoms with Gasteiger partial charge in [-0.1, -0.05) is 6.07 Å². The summed E-state index contributed by atoms with van der Waals surface area (Å²) < 4.78 is 31.7. The molecule has 1 N–H and O–H groups in total. The third-order valence-corrected chi connectivity index (χ3v) is 5.82. The predicted molar refractivity (Wildman–Crippen MR) is 91.9 cm³/mol. The van der Waals surface area contributed by atoms with Gasteiger partial charge in [-0.2, -0.15) is 13.2 Å². The van der Waals surface area contributed by atoms with Crippen molar-refractivity contribution in [2.75, 3.05) is 20.1 Å². The summed E-state index contributed by atoms with van der Waals surface area (Å²) in [5.41, 5.74) is 0.116. The molecule has 0 bridgehead atoms. The number of carboxylic acids is 1. The fourth-order valence-corrected chi connectivity index (χ4v) is 4.36. The summed E-state index contributed by atoms with van der Waals surface area (Å²) in [4.78, 5) is 26.9. The van der Waals surface area contributed by atoms with Crippen LogP contribution in [0.5, 0.6) is 0 Å². The van der Waals surface area contributed by atoms with Crippen molar-refractivity contribution in [3.63, 3.8) is 0 Å². The van der Waals surface area contributed by atoms with Gasteiger partial charge >= 0.3 is 12.1 Å². The molecule has 1 aromatic heterocycles. The first-order valence-corrected chi connectivity index (χ1v) is 9.33. The van der Waals surface area contributed by atoms with Gasteiger partial charge in [-0.25, -0.2) is 4.79 Å². The molecule has 2 aliphatic heterocycles. The number of aliphatic carboxylic acids is 1. The molecule has 2 saturated heterocycles. The van der Waals surface area contributed by atoms with Crippen molar-refractivity contribution >= 4 is 23.2 Å². The van der Waals surface area contributed by atoms with Crippen molar-refractivity contribution in [1.82, 2.24) is 9.80 Å². The molecule has 1 unspecified atom stereocenters. The highest BCUT2D eigenvalue weighted by molar-refractivity contribution is 7.09. The number of thiophene rings is 1. The molecule has 9 heteroatoms. The number of piperidine rings is 2. The van der Waals surface area contributed by atoms with Crippen LogP contribution in [-0.2, 0) is 16.1 Å². The zero-order valence-electron chi connectivity index (χ0n) is 14.6. The molecule has 3 heterocycles. The lowest BCUT2D eigenvalue weighted by Gasteiger charge is -2.50. The molecule has 26 heavy (non-hydrogen) atoms. The first-order chi connectivity index (χ1) is 12.1. The SMILES string of the molecule is CN1C(=O)CCCC12CCCN(Cc1cccs1)C2.O=C(O)C(F)(F)F. The van der Waals surface area contributed by atoms with Gasteiger partial charge in [0.2, 0.25) is 5.91 Å². The molecule has 0 aromatic carbocycles. The number of likely N-dealkylation sites (tertiary alicyclic amines) is 2. The van der Waals surface area contributed by atoms with E-state index in [4.69, 9.17) is 9.90 Å². The number of amides is 1. The van der Waals surface area contributed by atoms with Gasteiger partial charge < -0.3 is 10.0 Å². The quantitative estimate of drug-likeness (QED) is 0.839. The minimum atomic E-state index is -5.08. The molecule has 3 rings (SSSR count). The Balaban J connectivity index is 0.000000298. The molecule has 0 aliphatic carbocycles. The monoisotopic (exact) mass is 392 g/mol. The highest BCUT2D eigenvalue weighted by Gasteiger charge is 2.43. The first-order valence-electron chi connectivity index (χ1n) is 8.45. The number of hydrogen-bond acceptors (Lipinski definition) is 4. The Hall–Kier alpha value is -1.61. The number of carbonyl (C=O) groups is 2. The van der Waals surface area contributed by atoms with Gasteiger partial charge in [0.1, 0.15) is 0 Å². The number of alkyl halides is 3. The van der Waals surface area contributed by atoms with Crippen LogP contribution in [0.2, 0.25) is 0 Å². The highest BCUT2D eigenvalue weighted by atomic mass is 32.1. The Labute approximate surface area is 154 Å². The average Bonchev–Trinajstić information content (AvgIpc) is 3.06. The lowest BCUT2D eigenvalue weighted by atomic mass is 9.80. The van der Waals surface area contributed by atoms with Gasteiger partial charge in [-0.3, -0.25) is 9.69 Å². The third kappa shape index (κ3) is 5.20. The lowest BCUT2D eigenvalue weighted by molar-refractivity contribution is -0.192. The van der Waals surface area contributed by atoms with Gasteiger partial charge in [0.15, 0.2) is 0 Å². The van der Waals surface area contributed by atoms with E-state index in [1.165, 1.54) is 30.7 Å². The molecule has 2 aliphatic rings. The summed E-state index contributed by atoms with van der Waals surface area (Å²) in [7, 11) is 2.01. The maximum Gasteiger partial charge on any atom is 0.490 e. The second kappa shape index (κ2) is 8.39. The van der Waals surface area contributed by atoms with Crippen LogP contribution in [-0.4, -0.2) is 58.6 Å². The molecule has 0 saturated carbocycles. The van der Waals surface area contributed by atoms with E-state index in [9.17, 15) is 18.0 Å². The number of carboxylic acid groups (broad SMARTS) is 1. The van der Waals surface area contributed by atoms with E-state index in [0.29, 0.717) is 5.91 Å². The molecule has 146 valence electrons. The summed E-state index contributed by atoms with van der Waals surface area (Å²) in [6.07, 6.45) is 0.286. The Bertz CT molecular complexity index is 617. The van der Waals surface area contributed by atoms with Crippen LogP contribution >= 0.6 is 11.3 Å². The maximum atomic E-state index is 12.0. The Morgan fingerprint density at radius 1 is 1.35 bits per heavy atom. The molecule has 1 amide bonds. The largest absolute Gasteiger partial charge is 0.490 e. The molecule has 5 nitrogen and oxygen atoms in total. The molecule has 1 atom stereocenters. The fraction of sp³-hybridized carbons (Fsp3) is 0.647. The number of nitrogens with zero attached hydrogens (tertiary/aromatic N) is 2. The number of likely N-dealkylation sites (N-methyl/N-ethyl adjacent to an activating group) is 1. The smallest absolute Gasteiger partial charge is 0.475 e. The van der Waals surface area contributed by atoms with Crippen LogP contribution in [0.4, 0.5) is 13.2 Å². The number of hydrogen-bond donors (Lipinski definition) is 1. The zero-order valence-corrected chi connectivity index (χ0v) is 15.4. The fourth-order valence-electron chi connectivity index (χ4n) is 3.61. The summed E-state index contributed by atoms with van der Waals surface area (Å²) >= 11 is 1.83. The first kappa shape index (κ1) is 20.7. The van der Waals surface area contributed by atoms with Gasteiger partial charge in [0.25, 0.3) is 0 Å². The minimum absolute atomic E-state index is 0.116. The van der Waals surface area contributed by atoms with Gasteiger partial charge in [0, 0.05) is 31.4 Å². The summed E-state index contributed by atoms with van der Waals surface area (Å²) in [5, 5.41) is 9.27. The Morgan fingerprint density at radius 3 is 2.58 bits per heavy atom. The van der Waals surface area contributed by atoms with Crippen LogP contribution in [0.3, 0.4) is 0 Å². The summed E-state index contributed by atoms with van der Waals surface area (Å²) in [6, 6.07) is 4.33. The molecule has 2 fully saturated rings. The maximum absolute atomic E-state index is 12.0. The number of carbonyl (C=O) groups excluding carboxylic acids is 1. The summed E-state index contributed by atoms with van der Waals surface area (Å²) in [5.74, 6) is -2.42. The molecule has 1 spiro atoms. The Kier molecular flexibility index (Phi) is 6.68. The van der Waals surface area contributed by atoms with E-state index in [1.54, 1.807) is 0 Å². The van der Waals surface area contributed by atoms with Crippen LogP contribution in [0.1, 0.15) is 37.0 Å². The lowest BCUT2D eigenvalue weighted by Crippen LogP contribution is -2.60. The average molecular weight is 392 g/mol. The van der Waals surface area contributed by atoms with Crippen LogP contribution < -0.4 is 0 Å². The predicted octanol–water partition coefficient (Wildman–Crippen LogP) is 3.36. The van der Waals surface area contributed by atoms with Crippen molar-refractivity contribution in [2.45, 2.75) is 50.4 Å². The molecule has 1 aromatic rings. The zero-order chi connectivity index (χ0) is 19.4. The van der Waals surface area contributed by atoms with Crippen LogP contribution in [0, 0.1) is 0 Å². The minimum Gasteiger partial charge on any atom is -0.475 e. The molecule has 0 radical (unpaired) electrons. The third-order valence-electron chi connectivity index (χ3n) is 4.95. The van der Waals surface area contributed by atoms with E-state index in [2.05, 4.69) is 27.3 Å². The van der Waals surface area contributed by atoms with E-state index in [0.717, 1.165) is 25.9 Å². The second-order valence-electron chi connectivity index (χ2n) is 6.73. The molecular weight excluding hydrogens is 369 g/mol. The van der Waals surface area contributed by atoms with Crippen molar-refractivity contribution in [3.8, 4) is 0 Å². The van der Waals surface area contributed by atoms with Gasteiger partial charge in [-0.15, -0.1) is 11.3 Å². The van der Waals surface area contributed by atoms with Gasteiger partial charge in [0.05, 0.1) is 5.54 Å². The van der Waals surface area contributed by atoms with Crippen molar-refractivity contribution in [1.29, 1.82) is 0 Å². The normalized spacial score (nSPS) is 24.3. The van der Waals surface area contributed by atoms with Crippen LogP contribution in [0.15, 0.2) is 17.5 Å². The Morgan fingerprint density at radius 2 is 2.00 bits per heavy atom. The second-order valence-corrected chi connectivity index (χ2v) is 7.76. The summed E-state index contributed by atoms with van der Waals surface area (Å²) in [6.45, 7) is 3.26. The van der Waals surface area contributed by atoms with Crippen molar-refractivity contribution < 1.29 is 27.9 Å². The molecular formula is C17H23F3N2O3S. The van der Waals surface area contributed by atoms with E-state index in [1.807, 2.05) is 18.4 Å². The standard InChI is InChI=1S/C15H22N2OS.C2HF3O2/c1-16-14(18)6-2-7-15(16)8-4-9-17(12-15)11-13-5-3-10-19-13;3-2(4,5)1(6)7/h3,5,10H,2,4,6-9,11-12H2,1H3;(H,6,7). The van der Waals surface area contributed by atoms with Crippen LogP contribution in [0.25, 0.3) is 0 Å². The van der Waals surface area contributed by atoms with E-state index < -0.39 is 12.1 Å². The number of rotatable bonds is 2. The number of halogens is 3. The van der Waals surface area contributed by atoms with E-state index in [-0.39, 0.29) is 5.54 Å². The van der Waals surface area contributed by atoms with Crippen molar-refractivity contribution in [3.05, 3.63) is 22.4 Å². The van der Waals surface area contributed by atoms with Crippen molar-refractivity contribution in [2.24, 2.45) is 0 Å². The highest BCUT2D eigenvalue weighted by Crippen LogP contribution is 2.36. The van der Waals surface area contributed by atoms with Gasteiger partial charge in [-0.05, 0) is 43.7 Å².